The van der Waals surface area contributed by atoms with Gasteiger partial charge in [0.1, 0.15) is 12.4 Å². The predicted molar refractivity (Wildman–Crippen MR) is 83.4 cm³/mol. The van der Waals surface area contributed by atoms with E-state index in [1.54, 1.807) is 6.20 Å². The molecule has 1 aliphatic rings. The highest BCUT2D eigenvalue weighted by Gasteiger charge is 2.17. The molecule has 0 amide bonds. The molecular weight excluding hydrogens is 278 g/mol. The number of fused-ring (bicyclic) bond motifs is 1. The lowest BCUT2D eigenvalue weighted by Crippen LogP contribution is -2.17. The van der Waals surface area contributed by atoms with Crippen molar-refractivity contribution in [2.45, 2.75) is 12.8 Å². The fourth-order valence-electron chi connectivity index (χ4n) is 2.31. The lowest BCUT2D eigenvalue weighted by Gasteiger charge is -2.16. The van der Waals surface area contributed by atoms with E-state index in [2.05, 4.69) is 4.98 Å². The maximum atomic E-state index is 12.0. The molecule has 3 rings (SSSR count). The summed E-state index contributed by atoms with van der Waals surface area (Å²) in [6.45, 7) is 0.658. The molecule has 1 aromatic carbocycles. The van der Waals surface area contributed by atoms with Crippen molar-refractivity contribution in [1.82, 2.24) is 4.98 Å². The molecule has 112 valence electrons. The van der Waals surface area contributed by atoms with E-state index >= 15 is 0 Å². The summed E-state index contributed by atoms with van der Waals surface area (Å²) in [5, 5.41) is 0. The summed E-state index contributed by atoms with van der Waals surface area (Å²) in [5.74, 6) is 0.497. The van der Waals surface area contributed by atoms with Gasteiger partial charge in [-0.3, -0.25) is 4.98 Å². The molecular formula is C18H17NO3. The number of carbonyl (C=O) groups is 1. The maximum Gasteiger partial charge on any atom is 0.337 e. The van der Waals surface area contributed by atoms with E-state index in [4.69, 9.17) is 9.47 Å². The Hall–Kier alpha value is -2.62. The summed E-state index contributed by atoms with van der Waals surface area (Å²) in [4.78, 5) is 16.1. The summed E-state index contributed by atoms with van der Waals surface area (Å²) >= 11 is 0. The number of hydrogen-bond acceptors (Lipinski definition) is 4. The Morgan fingerprint density at radius 3 is 3.00 bits per heavy atom. The Balaban J connectivity index is 1.50. The van der Waals surface area contributed by atoms with Crippen molar-refractivity contribution >= 4 is 12.0 Å². The molecule has 0 atom stereocenters. The molecule has 0 aliphatic carbocycles. The Labute approximate surface area is 129 Å². The number of rotatable bonds is 5. The van der Waals surface area contributed by atoms with Gasteiger partial charge >= 0.3 is 5.97 Å². The highest BCUT2D eigenvalue weighted by molar-refractivity contribution is 5.95. The minimum atomic E-state index is -0.305. The first-order valence-electron chi connectivity index (χ1n) is 7.31. The van der Waals surface area contributed by atoms with Crippen LogP contribution in [0.1, 0.15) is 17.5 Å². The summed E-state index contributed by atoms with van der Waals surface area (Å²) < 4.78 is 10.9. The fourth-order valence-corrected chi connectivity index (χ4v) is 2.31. The number of carbonyl (C=O) groups excluding carboxylic acids is 1. The molecule has 2 aromatic rings. The van der Waals surface area contributed by atoms with Gasteiger partial charge in [-0.15, -0.1) is 0 Å². The van der Waals surface area contributed by atoms with E-state index in [1.807, 2.05) is 48.7 Å². The Kier molecular flexibility index (Phi) is 4.49. The van der Waals surface area contributed by atoms with Crippen LogP contribution >= 0.6 is 0 Å². The molecule has 0 fully saturated rings. The number of aromatic nitrogens is 1. The van der Waals surface area contributed by atoms with Crippen LogP contribution in [0, 0.1) is 0 Å². The van der Waals surface area contributed by atoms with Crippen molar-refractivity contribution in [3.8, 4) is 5.75 Å². The van der Waals surface area contributed by atoms with Gasteiger partial charge in [-0.05, 0) is 36.6 Å². The second-order valence-electron chi connectivity index (χ2n) is 5.10. The average Bonchev–Trinajstić information content (AvgIpc) is 2.59. The zero-order valence-electron chi connectivity index (χ0n) is 12.2. The van der Waals surface area contributed by atoms with Gasteiger partial charge < -0.3 is 9.47 Å². The molecule has 22 heavy (non-hydrogen) atoms. The zero-order valence-corrected chi connectivity index (χ0v) is 12.2. The van der Waals surface area contributed by atoms with Gasteiger partial charge in [0.05, 0.1) is 12.2 Å². The lowest BCUT2D eigenvalue weighted by atomic mass is 10.1. The Morgan fingerprint density at radius 1 is 1.23 bits per heavy atom. The number of pyridine rings is 1. The van der Waals surface area contributed by atoms with Crippen molar-refractivity contribution in [3.05, 3.63) is 65.5 Å². The van der Waals surface area contributed by atoms with Gasteiger partial charge in [0.2, 0.25) is 0 Å². The number of nitrogens with zero attached hydrogens (tertiary/aromatic N) is 1. The van der Waals surface area contributed by atoms with Crippen molar-refractivity contribution in [2.75, 3.05) is 13.2 Å². The third-order valence-electron chi connectivity index (χ3n) is 3.46. The van der Waals surface area contributed by atoms with Gasteiger partial charge in [0, 0.05) is 18.0 Å². The van der Waals surface area contributed by atoms with E-state index in [-0.39, 0.29) is 12.6 Å². The van der Waals surface area contributed by atoms with Crippen LogP contribution in [0.25, 0.3) is 6.08 Å². The van der Waals surface area contributed by atoms with E-state index in [0.717, 1.165) is 29.7 Å². The van der Waals surface area contributed by atoms with Crippen LogP contribution in [-0.2, 0) is 16.0 Å². The Bertz CT molecular complexity index is 680. The first-order chi connectivity index (χ1) is 10.8. The number of hydrogen-bond donors (Lipinski definition) is 0. The smallest absolute Gasteiger partial charge is 0.337 e. The minimum absolute atomic E-state index is 0.262. The van der Waals surface area contributed by atoms with Gasteiger partial charge in [-0.25, -0.2) is 4.79 Å². The highest BCUT2D eigenvalue weighted by atomic mass is 16.5. The quantitative estimate of drug-likeness (QED) is 0.628. The molecule has 4 nitrogen and oxygen atoms in total. The second kappa shape index (κ2) is 6.89. The lowest BCUT2D eigenvalue weighted by molar-refractivity contribution is -0.139. The van der Waals surface area contributed by atoms with E-state index in [9.17, 15) is 4.79 Å². The van der Waals surface area contributed by atoms with Gasteiger partial charge in [-0.2, -0.15) is 0 Å². The molecule has 0 bridgehead atoms. The second-order valence-corrected chi connectivity index (χ2v) is 5.10. The van der Waals surface area contributed by atoms with Crippen LogP contribution in [-0.4, -0.2) is 24.2 Å². The van der Waals surface area contributed by atoms with Crippen LogP contribution in [0.15, 0.2) is 54.4 Å². The minimum Gasteiger partial charge on any atom is -0.488 e. The third-order valence-corrected chi connectivity index (χ3v) is 3.46. The first kappa shape index (κ1) is 14.3. The van der Waals surface area contributed by atoms with Crippen LogP contribution in [0.2, 0.25) is 0 Å². The van der Waals surface area contributed by atoms with Crippen LogP contribution in [0.5, 0.6) is 5.75 Å². The van der Waals surface area contributed by atoms with E-state index < -0.39 is 0 Å². The number of aryl methyl sites for hydroxylation is 1. The molecule has 1 aromatic heterocycles. The molecule has 1 aliphatic heterocycles. The molecule has 2 heterocycles. The van der Waals surface area contributed by atoms with Crippen molar-refractivity contribution in [3.63, 3.8) is 0 Å². The Morgan fingerprint density at radius 2 is 2.14 bits per heavy atom. The molecule has 0 radical (unpaired) electrons. The highest BCUT2D eigenvalue weighted by Crippen LogP contribution is 2.26. The molecule has 4 heteroatoms. The molecule has 0 spiro atoms. The first-order valence-corrected chi connectivity index (χ1v) is 7.31. The standard InChI is InChI=1S/C18H17NO3/c20-18(21-10-4-6-14-5-3-9-19-12-14)16-11-15-7-1-2-8-17(15)22-13-16/h1-3,5,7-9,11-12H,4,6,10,13H2. The van der Waals surface area contributed by atoms with Crippen molar-refractivity contribution in [1.29, 1.82) is 0 Å². The number of ether oxygens (including phenoxy) is 2. The largest absolute Gasteiger partial charge is 0.488 e. The third kappa shape index (κ3) is 3.52. The maximum absolute atomic E-state index is 12.0. The van der Waals surface area contributed by atoms with Gasteiger partial charge in [0.25, 0.3) is 0 Å². The van der Waals surface area contributed by atoms with Crippen LogP contribution < -0.4 is 4.74 Å². The van der Waals surface area contributed by atoms with Crippen LogP contribution in [0.4, 0.5) is 0 Å². The fraction of sp³-hybridized carbons (Fsp3) is 0.222. The number of para-hydroxylation sites is 1. The molecule has 0 saturated carbocycles. The van der Waals surface area contributed by atoms with Crippen LogP contribution in [0.3, 0.4) is 0 Å². The summed E-state index contributed by atoms with van der Waals surface area (Å²) in [5.41, 5.74) is 2.61. The molecule has 0 saturated heterocycles. The predicted octanol–water partition coefficient (Wildman–Crippen LogP) is 3.03. The van der Waals surface area contributed by atoms with Crippen molar-refractivity contribution in [2.24, 2.45) is 0 Å². The van der Waals surface area contributed by atoms with Gasteiger partial charge in [0.15, 0.2) is 0 Å². The summed E-state index contributed by atoms with van der Waals surface area (Å²) in [6, 6.07) is 11.6. The van der Waals surface area contributed by atoms with E-state index in [0.29, 0.717) is 12.2 Å². The van der Waals surface area contributed by atoms with E-state index in [1.165, 1.54) is 0 Å². The topological polar surface area (TPSA) is 48.4 Å². The SMILES string of the molecule is O=C(OCCCc1cccnc1)C1=Cc2ccccc2OC1. The molecule has 0 N–H and O–H groups in total. The average molecular weight is 295 g/mol. The zero-order chi connectivity index (χ0) is 15.2. The normalized spacial score (nSPS) is 12.8. The molecule has 0 unspecified atom stereocenters. The van der Waals surface area contributed by atoms with Crippen molar-refractivity contribution < 1.29 is 14.3 Å². The number of benzene rings is 1. The monoisotopic (exact) mass is 295 g/mol. The summed E-state index contributed by atoms with van der Waals surface area (Å²) in [7, 11) is 0. The summed E-state index contributed by atoms with van der Waals surface area (Å²) in [6.07, 6.45) is 7.04. The van der Waals surface area contributed by atoms with Gasteiger partial charge in [-0.1, -0.05) is 24.3 Å². The number of esters is 1.